The molecule has 0 radical (unpaired) electrons. The summed E-state index contributed by atoms with van der Waals surface area (Å²) in [6.07, 6.45) is 4.44. The highest BCUT2D eigenvalue weighted by molar-refractivity contribution is 5.76. The standard InChI is InChI=1S/C17H25NO3/c19-16-8-6-15(7-9-16)18-17(20)11-13-21-12-10-14-4-2-1-3-5-14/h1-5,15-16,19H,6-13H2,(H,18,20)/t15-,16-. The summed E-state index contributed by atoms with van der Waals surface area (Å²) >= 11 is 0. The van der Waals surface area contributed by atoms with Crippen LogP contribution in [0.5, 0.6) is 0 Å². The molecule has 4 nitrogen and oxygen atoms in total. The van der Waals surface area contributed by atoms with Gasteiger partial charge in [0.2, 0.25) is 5.91 Å². The summed E-state index contributed by atoms with van der Waals surface area (Å²) in [5.41, 5.74) is 1.25. The predicted molar refractivity (Wildman–Crippen MR) is 82.0 cm³/mol. The van der Waals surface area contributed by atoms with E-state index in [-0.39, 0.29) is 18.1 Å². The van der Waals surface area contributed by atoms with Crippen LogP contribution in [0.3, 0.4) is 0 Å². The van der Waals surface area contributed by atoms with Gasteiger partial charge in [0.1, 0.15) is 0 Å². The molecule has 1 fully saturated rings. The van der Waals surface area contributed by atoms with Crippen LogP contribution >= 0.6 is 0 Å². The molecule has 0 saturated heterocycles. The van der Waals surface area contributed by atoms with Gasteiger partial charge >= 0.3 is 0 Å². The van der Waals surface area contributed by atoms with Crippen LogP contribution < -0.4 is 5.32 Å². The highest BCUT2D eigenvalue weighted by Crippen LogP contribution is 2.18. The fourth-order valence-corrected chi connectivity index (χ4v) is 2.62. The lowest BCUT2D eigenvalue weighted by molar-refractivity contribution is -0.123. The number of carbonyl (C=O) groups is 1. The highest BCUT2D eigenvalue weighted by Gasteiger charge is 2.20. The molecule has 1 aliphatic carbocycles. The molecule has 21 heavy (non-hydrogen) atoms. The van der Waals surface area contributed by atoms with Gasteiger partial charge in [-0.3, -0.25) is 4.79 Å². The minimum Gasteiger partial charge on any atom is -0.393 e. The first-order valence-corrected chi connectivity index (χ1v) is 7.83. The average molecular weight is 291 g/mol. The maximum absolute atomic E-state index is 11.8. The number of ether oxygens (including phenoxy) is 1. The third-order valence-electron chi connectivity index (χ3n) is 3.91. The Morgan fingerprint density at radius 1 is 1.14 bits per heavy atom. The molecule has 0 atom stereocenters. The van der Waals surface area contributed by atoms with E-state index in [1.807, 2.05) is 18.2 Å². The van der Waals surface area contributed by atoms with Crippen molar-refractivity contribution in [1.82, 2.24) is 5.32 Å². The molecule has 2 rings (SSSR count). The number of carbonyl (C=O) groups excluding carboxylic acids is 1. The monoisotopic (exact) mass is 291 g/mol. The molecule has 0 bridgehead atoms. The molecule has 0 heterocycles. The molecule has 1 aliphatic rings. The van der Waals surface area contributed by atoms with Gasteiger partial charge in [-0.25, -0.2) is 0 Å². The summed E-state index contributed by atoms with van der Waals surface area (Å²) in [6, 6.07) is 10.4. The number of rotatable bonds is 7. The Morgan fingerprint density at radius 2 is 1.86 bits per heavy atom. The van der Waals surface area contributed by atoms with Crippen LogP contribution in [0.4, 0.5) is 0 Å². The first kappa shape index (κ1) is 16.0. The normalized spacial score (nSPS) is 22.0. The number of amides is 1. The van der Waals surface area contributed by atoms with Crippen LogP contribution in [0.1, 0.15) is 37.7 Å². The zero-order chi connectivity index (χ0) is 14.9. The predicted octanol–water partition coefficient (Wildman–Crippen LogP) is 2.06. The van der Waals surface area contributed by atoms with Gasteiger partial charge in [0, 0.05) is 12.5 Å². The second-order valence-corrected chi connectivity index (χ2v) is 5.67. The van der Waals surface area contributed by atoms with E-state index < -0.39 is 0 Å². The number of aliphatic hydroxyl groups excluding tert-OH is 1. The molecular formula is C17H25NO3. The lowest BCUT2D eigenvalue weighted by Gasteiger charge is -2.26. The molecule has 0 aliphatic heterocycles. The van der Waals surface area contributed by atoms with E-state index in [4.69, 9.17) is 4.74 Å². The van der Waals surface area contributed by atoms with Crippen molar-refractivity contribution in [2.75, 3.05) is 13.2 Å². The van der Waals surface area contributed by atoms with E-state index >= 15 is 0 Å². The van der Waals surface area contributed by atoms with Gasteiger partial charge in [-0.2, -0.15) is 0 Å². The number of aliphatic hydroxyl groups is 1. The van der Waals surface area contributed by atoms with Gasteiger partial charge in [0.05, 0.1) is 19.3 Å². The Morgan fingerprint density at radius 3 is 2.57 bits per heavy atom. The second-order valence-electron chi connectivity index (χ2n) is 5.67. The number of nitrogens with one attached hydrogen (secondary N) is 1. The summed E-state index contributed by atoms with van der Waals surface area (Å²) in [5.74, 6) is 0.0519. The Kier molecular flexibility index (Phi) is 6.70. The summed E-state index contributed by atoms with van der Waals surface area (Å²) < 4.78 is 5.51. The summed E-state index contributed by atoms with van der Waals surface area (Å²) in [5, 5.41) is 12.4. The van der Waals surface area contributed by atoms with Crippen molar-refractivity contribution < 1.29 is 14.6 Å². The van der Waals surface area contributed by atoms with E-state index in [2.05, 4.69) is 17.4 Å². The molecule has 0 aromatic heterocycles. The van der Waals surface area contributed by atoms with Crippen LogP contribution in [0, 0.1) is 0 Å². The Labute approximate surface area is 126 Å². The van der Waals surface area contributed by atoms with Crippen molar-refractivity contribution in [3.8, 4) is 0 Å². The number of hydrogen-bond donors (Lipinski definition) is 2. The largest absolute Gasteiger partial charge is 0.393 e. The minimum atomic E-state index is -0.181. The third-order valence-corrected chi connectivity index (χ3v) is 3.91. The van der Waals surface area contributed by atoms with Crippen LogP contribution in [0.2, 0.25) is 0 Å². The maximum Gasteiger partial charge on any atom is 0.222 e. The van der Waals surface area contributed by atoms with Gasteiger partial charge in [0.15, 0.2) is 0 Å². The SMILES string of the molecule is O=C(CCOCCc1ccccc1)N[C@H]1CC[C@H](O)CC1. The van der Waals surface area contributed by atoms with Gasteiger partial charge in [0.25, 0.3) is 0 Å². The van der Waals surface area contributed by atoms with Crippen LogP contribution in [-0.2, 0) is 16.0 Å². The van der Waals surface area contributed by atoms with Crippen LogP contribution in [0.15, 0.2) is 30.3 Å². The summed E-state index contributed by atoms with van der Waals surface area (Å²) in [7, 11) is 0. The first-order valence-electron chi connectivity index (χ1n) is 7.83. The molecule has 0 spiro atoms. The van der Waals surface area contributed by atoms with Crippen molar-refractivity contribution in [2.24, 2.45) is 0 Å². The third kappa shape index (κ3) is 6.27. The Balaban J connectivity index is 1.51. The molecule has 4 heteroatoms. The van der Waals surface area contributed by atoms with E-state index in [1.54, 1.807) is 0 Å². The maximum atomic E-state index is 11.8. The first-order chi connectivity index (χ1) is 10.2. The van der Waals surface area contributed by atoms with E-state index in [0.717, 1.165) is 32.1 Å². The Bertz CT molecular complexity index is 413. The quantitative estimate of drug-likeness (QED) is 0.756. The van der Waals surface area contributed by atoms with Crippen molar-refractivity contribution in [3.05, 3.63) is 35.9 Å². The van der Waals surface area contributed by atoms with Gasteiger partial charge in [-0.05, 0) is 37.7 Å². The smallest absolute Gasteiger partial charge is 0.222 e. The van der Waals surface area contributed by atoms with Crippen molar-refractivity contribution in [3.63, 3.8) is 0 Å². The van der Waals surface area contributed by atoms with E-state index in [9.17, 15) is 9.90 Å². The molecular weight excluding hydrogens is 266 g/mol. The topological polar surface area (TPSA) is 58.6 Å². The molecule has 1 aromatic carbocycles. The lowest BCUT2D eigenvalue weighted by atomic mass is 9.93. The van der Waals surface area contributed by atoms with Crippen molar-refractivity contribution in [2.45, 2.75) is 50.7 Å². The average Bonchev–Trinajstić information content (AvgIpc) is 2.50. The Hall–Kier alpha value is -1.39. The van der Waals surface area contributed by atoms with Crippen molar-refractivity contribution >= 4 is 5.91 Å². The highest BCUT2D eigenvalue weighted by atomic mass is 16.5. The number of benzene rings is 1. The molecule has 2 N–H and O–H groups in total. The van der Waals surface area contributed by atoms with Crippen LogP contribution in [-0.4, -0.2) is 36.4 Å². The van der Waals surface area contributed by atoms with Gasteiger partial charge < -0.3 is 15.2 Å². The molecule has 0 unspecified atom stereocenters. The van der Waals surface area contributed by atoms with E-state index in [0.29, 0.717) is 19.6 Å². The van der Waals surface area contributed by atoms with Gasteiger partial charge in [-0.15, -0.1) is 0 Å². The fourth-order valence-electron chi connectivity index (χ4n) is 2.62. The molecule has 1 saturated carbocycles. The molecule has 116 valence electrons. The zero-order valence-electron chi connectivity index (χ0n) is 12.5. The fraction of sp³-hybridized carbons (Fsp3) is 0.588. The van der Waals surface area contributed by atoms with Gasteiger partial charge in [-0.1, -0.05) is 30.3 Å². The molecule has 1 amide bonds. The van der Waals surface area contributed by atoms with Crippen molar-refractivity contribution in [1.29, 1.82) is 0 Å². The number of hydrogen-bond acceptors (Lipinski definition) is 3. The molecule has 1 aromatic rings. The van der Waals surface area contributed by atoms with Crippen LogP contribution in [0.25, 0.3) is 0 Å². The summed E-state index contributed by atoms with van der Waals surface area (Å²) in [6.45, 7) is 1.11. The second kappa shape index (κ2) is 8.80. The minimum absolute atomic E-state index is 0.0519. The summed E-state index contributed by atoms with van der Waals surface area (Å²) in [4.78, 5) is 11.8. The zero-order valence-corrected chi connectivity index (χ0v) is 12.5. The lowest BCUT2D eigenvalue weighted by Crippen LogP contribution is -2.38. The van der Waals surface area contributed by atoms with E-state index in [1.165, 1.54) is 5.56 Å².